The maximum atomic E-state index is 14.2. The van der Waals surface area contributed by atoms with Crippen molar-refractivity contribution in [1.82, 2.24) is 9.80 Å². The number of piperazine rings is 1. The van der Waals surface area contributed by atoms with Gasteiger partial charge in [-0.1, -0.05) is 6.07 Å². The Balaban J connectivity index is 1.79. The molecule has 3 rings (SSSR count). The van der Waals surface area contributed by atoms with Crippen LogP contribution in [0.15, 0.2) is 18.2 Å². The second-order valence-corrected chi connectivity index (χ2v) is 8.55. The Bertz CT molecular complexity index is 697. The predicted octanol–water partition coefficient (Wildman–Crippen LogP) is 0.110. The molecule has 2 heterocycles. The third-order valence-electron chi connectivity index (χ3n) is 4.93. The van der Waals surface area contributed by atoms with Crippen LogP contribution in [0.3, 0.4) is 0 Å². The minimum absolute atomic E-state index is 0.0103. The summed E-state index contributed by atoms with van der Waals surface area (Å²) in [5.74, 6) is 0.325. The molecule has 134 valence electrons. The van der Waals surface area contributed by atoms with Gasteiger partial charge in [-0.25, -0.2) is 12.8 Å². The second-order valence-electron chi connectivity index (χ2n) is 6.40. The van der Waals surface area contributed by atoms with Crippen LogP contribution in [-0.4, -0.2) is 80.3 Å². The molecule has 0 spiro atoms. The molecule has 0 bridgehead atoms. The summed E-state index contributed by atoms with van der Waals surface area (Å²) >= 11 is 0. The average molecular weight is 358 g/mol. The predicted molar refractivity (Wildman–Crippen MR) is 88.3 cm³/mol. The van der Waals surface area contributed by atoms with Crippen molar-refractivity contribution in [2.75, 3.05) is 44.9 Å². The summed E-state index contributed by atoms with van der Waals surface area (Å²) in [6.07, 6.45) is 0. The number of fused-ring (bicyclic) bond motifs is 1. The zero-order valence-corrected chi connectivity index (χ0v) is 14.5. The minimum Gasteiger partial charge on any atom is -0.497 e. The average Bonchev–Trinajstić information content (AvgIpc) is 2.87. The molecule has 6 nitrogen and oxygen atoms in total. The van der Waals surface area contributed by atoms with Crippen LogP contribution in [0, 0.1) is 5.82 Å². The number of aliphatic hydroxyl groups excluding tert-OH is 1. The van der Waals surface area contributed by atoms with E-state index in [0.29, 0.717) is 37.5 Å². The molecule has 2 aliphatic rings. The van der Waals surface area contributed by atoms with Gasteiger partial charge in [0.1, 0.15) is 11.6 Å². The summed E-state index contributed by atoms with van der Waals surface area (Å²) in [7, 11) is -1.62. The van der Waals surface area contributed by atoms with Crippen molar-refractivity contribution in [3.8, 4) is 5.75 Å². The maximum absolute atomic E-state index is 14.2. The molecule has 2 fully saturated rings. The fraction of sp³-hybridized carbons (Fsp3) is 0.625. The fourth-order valence-electron chi connectivity index (χ4n) is 3.70. The quantitative estimate of drug-likeness (QED) is 0.806. The normalized spacial score (nSPS) is 27.1. The monoisotopic (exact) mass is 358 g/mol. The minimum atomic E-state index is -3.10. The lowest BCUT2D eigenvalue weighted by molar-refractivity contribution is 0.0302. The Hall–Kier alpha value is -1.22. The van der Waals surface area contributed by atoms with Gasteiger partial charge in [-0.2, -0.15) is 0 Å². The zero-order valence-electron chi connectivity index (χ0n) is 13.7. The van der Waals surface area contributed by atoms with E-state index in [1.165, 1.54) is 13.2 Å². The number of benzene rings is 1. The van der Waals surface area contributed by atoms with E-state index in [1.807, 2.05) is 9.80 Å². The number of hydrogen-bond acceptors (Lipinski definition) is 6. The van der Waals surface area contributed by atoms with Crippen molar-refractivity contribution in [2.45, 2.75) is 18.6 Å². The van der Waals surface area contributed by atoms with Crippen LogP contribution in [-0.2, 0) is 16.4 Å². The maximum Gasteiger partial charge on any atom is 0.153 e. The number of ether oxygens (including phenoxy) is 1. The van der Waals surface area contributed by atoms with E-state index in [4.69, 9.17) is 4.74 Å². The molecular weight excluding hydrogens is 335 g/mol. The van der Waals surface area contributed by atoms with Crippen LogP contribution in [0.25, 0.3) is 0 Å². The van der Waals surface area contributed by atoms with Crippen LogP contribution < -0.4 is 4.74 Å². The number of aliphatic hydroxyl groups is 1. The number of methoxy groups -OCH3 is 1. The number of nitrogens with zero attached hydrogens (tertiary/aromatic N) is 2. The first-order valence-corrected chi connectivity index (χ1v) is 9.87. The summed E-state index contributed by atoms with van der Waals surface area (Å²) in [4.78, 5) is 4.09. The topological polar surface area (TPSA) is 70.1 Å². The number of sulfone groups is 1. The van der Waals surface area contributed by atoms with Gasteiger partial charge in [0.15, 0.2) is 9.84 Å². The van der Waals surface area contributed by atoms with Crippen molar-refractivity contribution < 1.29 is 22.7 Å². The smallest absolute Gasteiger partial charge is 0.153 e. The summed E-state index contributed by atoms with van der Waals surface area (Å²) in [5.41, 5.74) is 0.537. The van der Waals surface area contributed by atoms with Gasteiger partial charge >= 0.3 is 0 Å². The van der Waals surface area contributed by atoms with Gasteiger partial charge in [-0.3, -0.25) is 9.80 Å². The van der Waals surface area contributed by atoms with E-state index in [9.17, 15) is 17.9 Å². The lowest BCUT2D eigenvalue weighted by atomic mass is 10.0. The first kappa shape index (κ1) is 17.6. The Labute approximate surface area is 141 Å². The van der Waals surface area contributed by atoms with Crippen molar-refractivity contribution in [1.29, 1.82) is 0 Å². The Kier molecular flexibility index (Phi) is 5.10. The zero-order chi connectivity index (χ0) is 17.3. The highest BCUT2D eigenvalue weighted by atomic mass is 32.2. The highest BCUT2D eigenvalue weighted by Gasteiger charge is 2.46. The summed E-state index contributed by atoms with van der Waals surface area (Å²) in [6, 6.07) is 4.46. The van der Waals surface area contributed by atoms with Gasteiger partial charge in [0.2, 0.25) is 0 Å². The molecule has 1 N–H and O–H groups in total. The lowest BCUT2D eigenvalue weighted by Gasteiger charge is -2.43. The highest BCUT2D eigenvalue weighted by molar-refractivity contribution is 7.91. The number of rotatable bonds is 5. The van der Waals surface area contributed by atoms with Crippen LogP contribution >= 0.6 is 0 Å². The Morgan fingerprint density at radius 3 is 2.54 bits per heavy atom. The molecule has 1 aromatic carbocycles. The molecule has 0 saturated carbocycles. The van der Waals surface area contributed by atoms with Gasteiger partial charge in [0.25, 0.3) is 0 Å². The molecule has 0 aromatic heterocycles. The fourth-order valence-corrected chi connectivity index (χ4v) is 5.74. The summed E-state index contributed by atoms with van der Waals surface area (Å²) in [6.45, 7) is 2.19. The van der Waals surface area contributed by atoms with Crippen LogP contribution in [0.5, 0.6) is 5.75 Å². The second kappa shape index (κ2) is 6.95. The summed E-state index contributed by atoms with van der Waals surface area (Å²) in [5, 5.41) is 9.19. The lowest BCUT2D eigenvalue weighted by Crippen LogP contribution is -2.59. The highest BCUT2D eigenvalue weighted by Crippen LogP contribution is 2.29. The van der Waals surface area contributed by atoms with E-state index < -0.39 is 9.84 Å². The molecule has 8 heteroatoms. The number of β-amino-alcohol motifs (C(OH)–C–C–N with tert-alkyl or cyclic N) is 1. The van der Waals surface area contributed by atoms with Crippen LogP contribution in [0.4, 0.5) is 4.39 Å². The van der Waals surface area contributed by atoms with Crippen molar-refractivity contribution in [3.63, 3.8) is 0 Å². The SMILES string of the molecule is COc1ccc(CN2CCN(CCO)[C@@H]3CS(=O)(=O)C[C@@H]32)c(F)c1. The van der Waals surface area contributed by atoms with Crippen molar-refractivity contribution in [2.24, 2.45) is 0 Å². The van der Waals surface area contributed by atoms with Gasteiger partial charge < -0.3 is 9.84 Å². The molecule has 2 saturated heterocycles. The molecule has 0 radical (unpaired) electrons. The van der Waals surface area contributed by atoms with Crippen LogP contribution in [0.2, 0.25) is 0 Å². The van der Waals surface area contributed by atoms with E-state index >= 15 is 0 Å². The summed E-state index contributed by atoms with van der Waals surface area (Å²) < 4.78 is 43.4. The van der Waals surface area contributed by atoms with Crippen molar-refractivity contribution >= 4 is 9.84 Å². The standard InChI is InChI=1S/C16H23FN2O4S/c1-23-13-3-2-12(14(17)8-13)9-19-5-4-18(6-7-20)15-10-24(21,22)11-16(15)19/h2-3,8,15-16,20H,4-7,9-11H2,1H3/t15-,16+/m1/s1. The van der Waals surface area contributed by atoms with E-state index in [1.54, 1.807) is 12.1 Å². The number of hydrogen-bond donors (Lipinski definition) is 1. The largest absolute Gasteiger partial charge is 0.497 e. The molecule has 24 heavy (non-hydrogen) atoms. The first-order chi connectivity index (χ1) is 11.4. The molecular formula is C16H23FN2O4S. The van der Waals surface area contributed by atoms with Gasteiger partial charge in [-0.15, -0.1) is 0 Å². The van der Waals surface area contributed by atoms with E-state index in [-0.39, 0.29) is 36.0 Å². The Morgan fingerprint density at radius 1 is 1.25 bits per heavy atom. The van der Waals surface area contributed by atoms with E-state index in [0.717, 1.165) is 0 Å². The van der Waals surface area contributed by atoms with Gasteiger partial charge in [0.05, 0.1) is 25.2 Å². The van der Waals surface area contributed by atoms with Crippen molar-refractivity contribution in [3.05, 3.63) is 29.6 Å². The van der Waals surface area contributed by atoms with E-state index in [2.05, 4.69) is 0 Å². The van der Waals surface area contributed by atoms with Gasteiger partial charge in [0, 0.05) is 49.9 Å². The molecule has 2 aliphatic heterocycles. The number of halogens is 1. The molecule has 2 atom stereocenters. The Morgan fingerprint density at radius 2 is 1.92 bits per heavy atom. The third-order valence-corrected chi connectivity index (χ3v) is 6.63. The van der Waals surface area contributed by atoms with Gasteiger partial charge in [-0.05, 0) is 6.07 Å². The van der Waals surface area contributed by atoms with Crippen LogP contribution in [0.1, 0.15) is 5.56 Å². The third kappa shape index (κ3) is 3.56. The first-order valence-electron chi connectivity index (χ1n) is 8.05. The molecule has 0 aliphatic carbocycles. The molecule has 1 aromatic rings. The molecule has 0 amide bonds. The molecule has 0 unspecified atom stereocenters.